The van der Waals surface area contributed by atoms with Crippen LogP contribution in [0, 0.1) is 37.5 Å². The number of ketones is 1. The van der Waals surface area contributed by atoms with E-state index >= 15 is 0 Å². The van der Waals surface area contributed by atoms with Gasteiger partial charge in [-0.25, -0.2) is 0 Å². The van der Waals surface area contributed by atoms with Gasteiger partial charge in [0.05, 0.1) is 29.4 Å². The molecule has 5 nitrogen and oxygen atoms in total. The van der Waals surface area contributed by atoms with Gasteiger partial charge in [0.15, 0.2) is 5.78 Å². The zero-order valence-corrected chi connectivity index (χ0v) is 24.0. The summed E-state index contributed by atoms with van der Waals surface area (Å²) >= 11 is 1.79. The summed E-state index contributed by atoms with van der Waals surface area (Å²) in [4.78, 5) is 21.3. The number of hydrogen-bond acceptors (Lipinski definition) is 6. The molecule has 198 valence electrons. The third-order valence-corrected chi connectivity index (χ3v) is 8.77. The fourth-order valence-corrected chi connectivity index (χ4v) is 6.76. The molecule has 0 bridgehead atoms. The highest BCUT2D eigenvalue weighted by Gasteiger charge is 2.45. The number of anilines is 1. The number of nitrogens with zero attached hydrogens (tertiary/aromatic N) is 3. The van der Waals surface area contributed by atoms with E-state index in [-0.39, 0.29) is 11.2 Å². The maximum absolute atomic E-state index is 13.9. The molecule has 0 radical (unpaired) electrons. The highest BCUT2D eigenvalue weighted by Crippen LogP contribution is 2.51. The van der Waals surface area contributed by atoms with Gasteiger partial charge in [-0.3, -0.25) is 14.7 Å². The molecule has 2 aromatic carbocycles. The van der Waals surface area contributed by atoms with Crippen molar-refractivity contribution in [2.24, 2.45) is 11.1 Å². The van der Waals surface area contributed by atoms with Crippen LogP contribution in [0.1, 0.15) is 60.4 Å². The number of carbonyl (C=O) groups excluding carboxylic acids is 1. The van der Waals surface area contributed by atoms with Gasteiger partial charge in [-0.15, -0.1) is 11.8 Å². The van der Waals surface area contributed by atoms with Gasteiger partial charge in [-0.2, -0.15) is 5.26 Å². The monoisotopic (exact) mass is 534 g/mol. The van der Waals surface area contributed by atoms with Crippen LogP contribution in [-0.4, -0.2) is 10.8 Å². The zero-order chi connectivity index (χ0) is 27.9. The highest BCUT2D eigenvalue weighted by molar-refractivity contribution is 7.98. The molecule has 1 atom stereocenters. The fourth-order valence-electron chi connectivity index (χ4n) is 5.81. The Hall–Kier alpha value is -3.82. The first-order valence-corrected chi connectivity index (χ1v) is 14.2. The first kappa shape index (κ1) is 26.8. The van der Waals surface area contributed by atoms with Crippen molar-refractivity contribution >= 4 is 23.2 Å². The molecule has 2 heterocycles. The summed E-state index contributed by atoms with van der Waals surface area (Å²) < 4.78 is 0. The van der Waals surface area contributed by atoms with Crippen molar-refractivity contribution in [3.63, 3.8) is 0 Å². The van der Waals surface area contributed by atoms with E-state index in [1.165, 1.54) is 16.0 Å². The summed E-state index contributed by atoms with van der Waals surface area (Å²) in [6.07, 6.45) is 4.55. The zero-order valence-electron chi connectivity index (χ0n) is 23.2. The number of nitriles is 1. The van der Waals surface area contributed by atoms with E-state index in [0.717, 1.165) is 33.8 Å². The Morgan fingerprint density at radius 3 is 2.51 bits per heavy atom. The van der Waals surface area contributed by atoms with Crippen molar-refractivity contribution in [3.05, 3.63) is 111 Å². The largest absolute Gasteiger partial charge is 0.384 e. The van der Waals surface area contributed by atoms with Crippen molar-refractivity contribution in [1.29, 1.82) is 5.26 Å². The maximum Gasteiger partial charge on any atom is 0.162 e. The minimum atomic E-state index is -0.496. The summed E-state index contributed by atoms with van der Waals surface area (Å²) in [6, 6.07) is 19.1. The van der Waals surface area contributed by atoms with E-state index in [1.54, 1.807) is 24.2 Å². The summed E-state index contributed by atoms with van der Waals surface area (Å²) in [5, 5.41) is 10.5. The number of nitrogens with two attached hydrogens (primary N) is 1. The third kappa shape index (κ3) is 5.12. The molecular formula is C33H34N4OS. The Labute approximate surface area is 235 Å². The number of aryl methyl sites for hydroxylation is 2. The Kier molecular flexibility index (Phi) is 7.13. The molecule has 0 spiro atoms. The molecule has 0 fully saturated rings. The quantitative estimate of drug-likeness (QED) is 0.347. The lowest BCUT2D eigenvalue weighted by Crippen LogP contribution is -2.42. The summed E-state index contributed by atoms with van der Waals surface area (Å²) in [5.41, 5.74) is 15.0. The number of thioether (sulfide) groups is 1. The lowest BCUT2D eigenvalue weighted by atomic mass is 9.68. The average Bonchev–Trinajstić information content (AvgIpc) is 2.89. The predicted molar refractivity (Wildman–Crippen MR) is 158 cm³/mol. The van der Waals surface area contributed by atoms with E-state index in [4.69, 9.17) is 5.73 Å². The number of pyridine rings is 1. The van der Waals surface area contributed by atoms with Crippen LogP contribution in [0.25, 0.3) is 0 Å². The van der Waals surface area contributed by atoms with Crippen molar-refractivity contribution in [3.8, 4) is 6.07 Å². The molecule has 2 N–H and O–H groups in total. The standard InChI is InChI=1S/C33H34N4OS/c1-20-8-10-25(11-9-20)39-19-23-13-21(2)14-26(22(23)3)30-27(17-34)32(35)37(24-7-6-12-36-18-24)28-15-33(4,5)16-29(38)31(28)30/h6-14,18,30H,15-16,19,35H2,1-5H3. The Bertz CT molecular complexity index is 1550. The van der Waals surface area contributed by atoms with Crippen LogP contribution < -0.4 is 10.6 Å². The van der Waals surface area contributed by atoms with E-state index in [9.17, 15) is 10.1 Å². The molecule has 0 saturated carbocycles. The third-order valence-electron chi connectivity index (χ3n) is 7.71. The van der Waals surface area contributed by atoms with Crippen LogP contribution in [0.2, 0.25) is 0 Å². The Morgan fingerprint density at radius 2 is 1.85 bits per heavy atom. The van der Waals surface area contributed by atoms with Crippen molar-refractivity contribution in [1.82, 2.24) is 4.98 Å². The second-order valence-electron chi connectivity index (χ2n) is 11.4. The number of hydrogen-bond donors (Lipinski definition) is 1. The van der Waals surface area contributed by atoms with Gasteiger partial charge in [0.1, 0.15) is 5.82 Å². The van der Waals surface area contributed by atoms with E-state index in [2.05, 4.69) is 82.1 Å². The number of Topliss-reactive ketones (excluding diaryl/α,β-unsaturated/α-hetero) is 1. The molecule has 1 unspecified atom stereocenters. The van der Waals surface area contributed by atoms with Crippen LogP contribution in [0.5, 0.6) is 0 Å². The minimum Gasteiger partial charge on any atom is -0.384 e. The molecule has 1 aliphatic carbocycles. The normalized spacial score (nSPS) is 18.7. The van der Waals surface area contributed by atoms with Gasteiger partial charge in [-0.1, -0.05) is 49.2 Å². The Morgan fingerprint density at radius 1 is 1.10 bits per heavy atom. The fraction of sp³-hybridized carbons (Fsp3) is 0.303. The van der Waals surface area contributed by atoms with Crippen LogP contribution in [0.4, 0.5) is 5.69 Å². The van der Waals surface area contributed by atoms with Crippen molar-refractivity contribution in [2.45, 2.75) is 64.0 Å². The second-order valence-corrected chi connectivity index (χ2v) is 12.5. The van der Waals surface area contributed by atoms with Gasteiger partial charge in [0.25, 0.3) is 0 Å². The summed E-state index contributed by atoms with van der Waals surface area (Å²) in [6.45, 7) is 10.5. The van der Waals surface area contributed by atoms with Gasteiger partial charge in [-0.05, 0) is 73.6 Å². The molecule has 39 heavy (non-hydrogen) atoms. The molecule has 5 rings (SSSR count). The van der Waals surface area contributed by atoms with E-state index < -0.39 is 5.92 Å². The minimum absolute atomic E-state index is 0.0804. The van der Waals surface area contributed by atoms with Crippen molar-refractivity contribution < 1.29 is 4.79 Å². The lowest BCUT2D eigenvalue weighted by Gasteiger charge is -2.44. The first-order chi connectivity index (χ1) is 18.6. The lowest BCUT2D eigenvalue weighted by molar-refractivity contribution is -0.118. The molecule has 0 amide bonds. The van der Waals surface area contributed by atoms with Crippen LogP contribution in [0.3, 0.4) is 0 Å². The Balaban J connectivity index is 1.66. The van der Waals surface area contributed by atoms with Gasteiger partial charge in [0, 0.05) is 34.5 Å². The van der Waals surface area contributed by atoms with Crippen molar-refractivity contribution in [2.75, 3.05) is 4.90 Å². The average molecular weight is 535 g/mol. The smallest absolute Gasteiger partial charge is 0.162 e. The van der Waals surface area contributed by atoms with Crippen LogP contribution in [0.15, 0.2) is 88.5 Å². The SMILES string of the molecule is Cc1ccc(SCc2cc(C)cc(C3C(C#N)=C(N)N(c4cccnc4)C4=C3C(=O)CC(C)(C)C4)c2C)cc1. The number of aromatic nitrogens is 1. The number of allylic oxidation sites excluding steroid dienone is 3. The van der Waals surface area contributed by atoms with Gasteiger partial charge in [0.2, 0.25) is 0 Å². The molecule has 1 aliphatic heterocycles. The topological polar surface area (TPSA) is 83.0 Å². The first-order valence-electron chi connectivity index (χ1n) is 13.3. The molecule has 1 aromatic heterocycles. The van der Waals surface area contributed by atoms with Gasteiger partial charge >= 0.3 is 0 Å². The maximum atomic E-state index is 13.9. The second kappa shape index (κ2) is 10.4. The molecular weight excluding hydrogens is 500 g/mol. The number of benzene rings is 2. The van der Waals surface area contributed by atoms with E-state index in [0.29, 0.717) is 29.8 Å². The molecule has 3 aromatic rings. The summed E-state index contributed by atoms with van der Waals surface area (Å²) in [5.74, 6) is 0.754. The van der Waals surface area contributed by atoms with Crippen LogP contribution in [-0.2, 0) is 10.5 Å². The number of carbonyl (C=O) groups is 1. The summed E-state index contributed by atoms with van der Waals surface area (Å²) in [7, 11) is 0. The number of rotatable bonds is 5. The molecule has 6 heteroatoms. The van der Waals surface area contributed by atoms with Gasteiger partial charge < -0.3 is 5.73 Å². The highest BCUT2D eigenvalue weighted by atomic mass is 32.2. The molecule has 0 saturated heterocycles. The van der Waals surface area contributed by atoms with Crippen LogP contribution >= 0.6 is 11.8 Å². The van der Waals surface area contributed by atoms with E-state index in [1.807, 2.05) is 17.0 Å². The molecule has 2 aliphatic rings. The predicted octanol–water partition coefficient (Wildman–Crippen LogP) is 7.24.